The molecule has 0 bridgehead atoms. The van der Waals surface area contributed by atoms with Crippen LogP contribution in [-0.2, 0) is 11.8 Å². The fourth-order valence-corrected chi connectivity index (χ4v) is 2.94. The van der Waals surface area contributed by atoms with E-state index in [9.17, 15) is 18.4 Å². The van der Waals surface area contributed by atoms with E-state index in [0.717, 1.165) is 6.07 Å². The number of nitrogens with zero attached hydrogens (tertiary/aromatic N) is 3. The van der Waals surface area contributed by atoms with Gasteiger partial charge in [-0.3, -0.25) is 19.2 Å². The Bertz CT molecular complexity index is 861. The van der Waals surface area contributed by atoms with Gasteiger partial charge in [0, 0.05) is 30.1 Å². The van der Waals surface area contributed by atoms with E-state index < -0.39 is 17.7 Å². The van der Waals surface area contributed by atoms with Crippen LogP contribution in [0.4, 0.5) is 20.3 Å². The molecule has 1 N–H and O–H groups in total. The van der Waals surface area contributed by atoms with E-state index in [1.54, 1.807) is 18.1 Å². The predicted octanol–water partition coefficient (Wildman–Crippen LogP) is 3.37. The summed E-state index contributed by atoms with van der Waals surface area (Å²) in [4.78, 5) is 26.6. The van der Waals surface area contributed by atoms with E-state index in [2.05, 4.69) is 10.4 Å². The fourth-order valence-electron chi connectivity index (χ4n) is 2.94. The molecule has 26 heavy (non-hydrogen) atoms. The summed E-state index contributed by atoms with van der Waals surface area (Å²) in [6, 6.07) is 5.29. The first-order chi connectivity index (χ1) is 12.2. The lowest BCUT2D eigenvalue weighted by molar-refractivity contribution is -0.124. The Labute approximate surface area is 149 Å². The lowest BCUT2D eigenvalue weighted by Crippen LogP contribution is -2.32. The number of aromatic nitrogens is 2. The molecule has 1 aliphatic rings. The third kappa shape index (κ3) is 3.31. The first-order valence-electron chi connectivity index (χ1n) is 8.24. The first kappa shape index (κ1) is 18.0. The van der Waals surface area contributed by atoms with Crippen LogP contribution in [0.1, 0.15) is 42.6 Å². The maximum atomic E-state index is 12.8. The van der Waals surface area contributed by atoms with E-state index >= 15 is 0 Å². The molecule has 0 saturated carbocycles. The van der Waals surface area contributed by atoms with Crippen LogP contribution in [0.3, 0.4) is 0 Å². The molecule has 1 aromatic heterocycles. The first-order valence-corrected chi connectivity index (χ1v) is 8.24. The average Bonchev–Trinajstić information content (AvgIpc) is 3.07. The lowest BCUT2D eigenvalue weighted by atomic mass is 9.92. The van der Waals surface area contributed by atoms with Crippen molar-refractivity contribution >= 4 is 23.3 Å². The minimum absolute atomic E-state index is 0.0635. The number of hydrogen-bond acceptors (Lipinski definition) is 3. The van der Waals surface area contributed by atoms with Gasteiger partial charge in [-0.25, -0.2) is 8.78 Å². The van der Waals surface area contributed by atoms with Gasteiger partial charge in [-0.15, -0.1) is 0 Å². The monoisotopic (exact) mass is 362 g/mol. The van der Waals surface area contributed by atoms with Gasteiger partial charge in [0.2, 0.25) is 5.91 Å². The molecule has 138 valence electrons. The third-order valence-electron chi connectivity index (χ3n) is 4.50. The molecule has 1 fully saturated rings. The molecule has 6 nitrogen and oxygen atoms in total. The molecule has 2 amide bonds. The summed E-state index contributed by atoms with van der Waals surface area (Å²) in [6.45, 7) is 4.24. The topological polar surface area (TPSA) is 67.2 Å². The molecule has 8 heteroatoms. The van der Waals surface area contributed by atoms with Crippen LogP contribution in [0.25, 0.3) is 0 Å². The smallest absolute Gasteiger partial charge is 0.263 e. The third-order valence-corrected chi connectivity index (χ3v) is 4.50. The molecule has 0 atom stereocenters. The van der Waals surface area contributed by atoms with E-state index in [1.807, 2.05) is 13.8 Å². The van der Waals surface area contributed by atoms with Gasteiger partial charge < -0.3 is 5.32 Å². The summed E-state index contributed by atoms with van der Waals surface area (Å²) >= 11 is 0. The van der Waals surface area contributed by atoms with E-state index in [1.165, 1.54) is 22.9 Å². The summed E-state index contributed by atoms with van der Waals surface area (Å²) < 4.78 is 27.2. The molecule has 2 heterocycles. The van der Waals surface area contributed by atoms with Crippen molar-refractivity contribution in [2.45, 2.75) is 26.7 Å². The number of halogens is 2. The van der Waals surface area contributed by atoms with Crippen molar-refractivity contribution in [2.75, 3.05) is 16.8 Å². The number of carbonyl (C=O) groups is 2. The quantitative estimate of drug-likeness (QED) is 0.907. The van der Waals surface area contributed by atoms with Gasteiger partial charge in [0.25, 0.3) is 12.3 Å². The van der Waals surface area contributed by atoms with Crippen molar-refractivity contribution in [3.8, 4) is 0 Å². The molecule has 1 aliphatic heterocycles. The van der Waals surface area contributed by atoms with Gasteiger partial charge in [-0.1, -0.05) is 26.0 Å². The number of alkyl halides is 2. The number of aryl methyl sites for hydroxylation is 1. The molecular weight excluding hydrogens is 342 g/mol. The number of rotatable bonds is 4. The Hall–Kier alpha value is -2.77. The molecule has 1 aromatic carbocycles. The van der Waals surface area contributed by atoms with Crippen molar-refractivity contribution in [2.24, 2.45) is 12.5 Å². The second kappa shape index (κ2) is 6.51. The van der Waals surface area contributed by atoms with E-state index in [4.69, 9.17) is 0 Å². The molecule has 0 radical (unpaired) electrons. The summed E-state index contributed by atoms with van der Waals surface area (Å²) in [6.07, 6.45) is -0.379. The number of nitrogens with one attached hydrogen (secondary N) is 1. The Balaban J connectivity index is 1.86. The normalized spacial score (nSPS) is 16.4. The Morgan fingerprint density at radius 2 is 2.08 bits per heavy atom. The summed E-state index contributed by atoms with van der Waals surface area (Å²) in [5.41, 5.74) is -0.220. The fraction of sp³-hybridized carbons (Fsp3) is 0.389. The zero-order chi connectivity index (χ0) is 19.1. The maximum absolute atomic E-state index is 12.8. The number of amides is 2. The number of anilines is 2. The minimum atomic E-state index is -2.65. The van der Waals surface area contributed by atoms with Gasteiger partial charge in [0.1, 0.15) is 5.69 Å². The maximum Gasteiger partial charge on any atom is 0.263 e. The van der Waals surface area contributed by atoms with Crippen LogP contribution in [-0.4, -0.2) is 28.1 Å². The van der Waals surface area contributed by atoms with Gasteiger partial charge in [-0.05, 0) is 18.6 Å². The van der Waals surface area contributed by atoms with Gasteiger partial charge in [-0.2, -0.15) is 5.10 Å². The van der Waals surface area contributed by atoms with Crippen molar-refractivity contribution in [3.63, 3.8) is 0 Å². The second-order valence-corrected chi connectivity index (χ2v) is 7.01. The summed E-state index contributed by atoms with van der Waals surface area (Å²) in [5.74, 6) is -0.236. The number of benzene rings is 1. The largest absolute Gasteiger partial charge is 0.318 e. The second-order valence-electron chi connectivity index (χ2n) is 7.01. The van der Waals surface area contributed by atoms with Crippen molar-refractivity contribution in [1.29, 1.82) is 0 Å². The SMILES string of the molecule is Cn1cc(NC(=O)c2cccc(C(F)F)c2)c(N2CCC(C)(C)C2=O)n1. The van der Waals surface area contributed by atoms with Crippen LogP contribution in [0, 0.1) is 5.41 Å². The highest BCUT2D eigenvalue weighted by Gasteiger charge is 2.41. The standard InChI is InChI=1S/C18H20F2N4O2/c1-18(2)7-8-24(17(18)26)15-13(10-23(3)22-15)21-16(25)12-6-4-5-11(9-12)14(19)20/h4-6,9-10,14H,7-8H2,1-3H3,(H,21,25). The zero-order valence-corrected chi connectivity index (χ0v) is 14.8. The highest BCUT2D eigenvalue weighted by molar-refractivity contribution is 6.08. The Kier molecular flexibility index (Phi) is 4.52. The molecule has 3 rings (SSSR count). The van der Waals surface area contributed by atoms with Crippen molar-refractivity contribution in [3.05, 3.63) is 41.6 Å². The molecule has 0 aliphatic carbocycles. The minimum Gasteiger partial charge on any atom is -0.318 e. The highest BCUT2D eigenvalue weighted by Crippen LogP contribution is 2.36. The van der Waals surface area contributed by atoms with Crippen LogP contribution in [0.15, 0.2) is 30.5 Å². The number of carbonyl (C=O) groups excluding carboxylic acids is 2. The van der Waals surface area contributed by atoms with Crippen LogP contribution < -0.4 is 10.2 Å². The number of hydrogen-bond donors (Lipinski definition) is 1. The van der Waals surface area contributed by atoms with Crippen LogP contribution in [0.5, 0.6) is 0 Å². The Morgan fingerprint density at radius 3 is 2.69 bits per heavy atom. The van der Waals surface area contributed by atoms with E-state index in [0.29, 0.717) is 24.5 Å². The average molecular weight is 362 g/mol. The highest BCUT2D eigenvalue weighted by atomic mass is 19.3. The van der Waals surface area contributed by atoms with Gasteiger partial charge >= 0.3 is 0 Å². The molecule has 0 spiro atoms. The predicted molar refractivity (Wildman–Crippen MR) is 93.3 cm³/mol. The van der Waals surface area contributed by atoms with Crippen LogP contribution in [0.2, 0.25) is 0 Å². The molecule has 1 saturated heterocycles. The van der Waals surface area contributed by atoms with Crippen LogP contribution >= 0.6 is 0 Å². The van der Waals surface area contributed by atoms with Gasteiger partial charge in [0.05, 0.1) is 6.20 Å². The molecule has 2 aromatic rings. The molecular formula is C18H20F2N4O2. The Morgan fingerprint density at radius 1 is 1.35 bits per heavy atom. The van der Waals surface area contributed by atoms with Gasteiger partial charge in [0.15, 0.2) is 5.82 Å². The summed E-state index contributed by atoms with van der Waals surface area (Å²) in [5, 5.41) is 6.97. The lowest BCUT2D eigenvalue weighted by Gasteiger charge is -2.18. The summed E-state index contributed by atoms with van der Waals surface area (Å²) in [7, 11) is 1.68. The molecule has 0 unspecified atom stereocenters. The van der Waals surface area contributed by atoms with Crippen molar-refractivity contribution in [1.82, 2.24) is 9.78 Å². The zero-order valence-electron chi connectivity index (χ0n) is 14.8. The van der Waals surface area contributed by atoms with E-state index in [-0.39, 0.29) is 17.0 Å². The van der Waals surface area contributed by atoms with Crippen molar-refractivity contribution < 1.29 is 18.4 Å².